The van der Waals surface area contributed by atoms with Gasteiger partial charge in [0.1, 0.15) is 0 Å². The molecule has 0 unspecified atom stereocenters. The molecule has 0 atom stereocenters. The number of aryl methyl sites for hydroxylation is 1. The smallest absolute Gasteiger partial charge is 0.329 e. The summed E-state index contributed by atoms with van der Waals surface area (Å²) in [6.07, 6.45) is 7.89. The van der Waals surface area contributed by atoms with Crippen molar-refractivity contribution < 1.29 is 14.6 Å². The lowest BCUT2D eigenvalue weighted by Gasteiger charge is -2.57. The van der Waals surface area contributed by atoms with Crippen LogP contribution in [0.1, 0.15) is 55.8 Å². The van der Waals surface area contributed by atoms with Crippen molar-refractivity contribution >= 4 is 27.8 Å². The standard InChI is InChI=1S/C30H33N3O4/c1-37-28(35)21-14-30(15-21)16-22(17-30)33-27-12-5-4-11-26(27)32(29(33)36)19-25-24(10-6-7-13-34)23-9-3-2-8-20(23)18-31-25/h2-5,8-9,11-12,18,21-22,34H,6-7,10,13-17,19H2,1H3. The Kier molecular flexibility index (Phi) is 6.11. The summed E-state index contributed by atoms with van der Waals surface area (Å²) in [7, 11) is 1.45. The van der Waals surface area contributed by atoms with Gasteiger partial charge in [0.15, 0.2) is 0 Å². The second-order valence-corrected chi connectivity index (χ2v) is 10.9. The predicted octanol–water partition coefficient (Wildman–Crippen LogP) is 4.62. The lowest BCUT2D eigenvalue weighted by molar-refractivity contribution is -0.160. The van der Waals surface area contributed by atoms with Crippen LogP contribution < -0.4 is 5.69 Å². The number of fused-ring (bicyclic) bond motifs is 2. The zero-order chi connectivity index (χ0) is 25.6. The van der Waals surface area contributed by atoms with Crippen molar-refractivity contribution in [2.24, 2.45) is 11.3 Å². The number of aromatic nitrogens is 3. The third kappa shape index (κ3) is 4.06. The molecule has 7 nitrogen and oxygen atoms in total. The van der Waals surface area contributed by atoms with Crippen molar-refractivity contribution in [3.63, 3.8) is 0 Å². The fraction of sp³-hybridized carbons (Fsp3) is 0.433. The van der Waals surface area contributed by atoms with Gasteiger partial charge in [0.2, 0.25) is 0 Å². The number of nitrogens with zero attached hydrogens (tertiary/aromatic N) is 3. The Morgan fingerprint density at radius 1 is 1.05 bits per heavy atom. The Morgan fingerprint density at radius 2 is 1.78 bits per heavy atom. The lowest BCUT2D eigenvalue weighted by Crippen LogP contribution is -2.51. The maximum Gasteiger partial charge on any atom is 0.329 e. The quantitative estimate of drug-likeness (QED) is 0.282. The molecule has 2 aromatic carbocycles. The second kappa shape index (κ2) is 9.45. The number of benzene rings is 2. The van der Waals surface area contributed by atoms with E-state index in [1.165, 1.54) is 7.11 Å². The molecular weight excluding hydrogens is 466 g/mol. The topological polar surface area (TPSA) is 86.4 Å². The first kappa shape index (κ1) is 23.9. The molecule has 7 heteroatoms. The number of pyridine rings is 1. The minimum Gasteiger partial charge on any atom is -0.469 e. The highest BCUT2D eigenvalue weighted by Gasteiger charge is 2.56. The van der Waals surface area contributed by atoms with Crippen molar-refractivity contribution in [1.82, 2.24) is 14.1 Å². The molecule has 6 rings (SSSR count). The van der Waals surface area contributed by atoms with Crippen molar-refractivity contribution in [3.8, 4) is 0 Å². The van der Waals surface area contributed by atoms with Crippen LogP contribution in [0.25, 0.3) is 21.8 Å². The third-order valence-electron chi connectivity index (χ3n) is 8.60. The molecule has 0 bridgehead atoms. The number of carbonyl (C=O) groups is 1. The van der Waals surface area contributed by atoms with E-state index in [1.807, 2.05) is 51.7 Å². The van der Waals surface area contributed by atoms with Crippen molar-refractivity contribution in [3.05, 3.63) is 76.5 Å². The molecule has 37 heavy (non-hydrogen) atoms. The molecule has 0 radical (unpaired) electrons. The average molecular weight is 500 g/mol. The van der Waals surface area contributed by atoms with E-state index in [-0.39, 0.29) is 35.6 Å². The van der Waals surface area contributed by atoms with Crippen LogP contribution in [-0.2, 0) is 22.5 Å². The van der Waals surface area contributed by atoms with Crippen LogP contribution in [0.15, 0.2) is 59.5 Å². The highest BCUT2D eigenvalue weighted by molar-refractivity contribution is 5.85. The maximum atomic E-state index is 13.9. The first-order valence-electron chi connectivity index (χ1n) is 13.3. The summed E-state index contributed by atoms with van der Waals surface area (Å²) in [6.45, 7) is 0.581. The molecule has 2 aliphatic carbocycles. The van der Waals surface area contributed by atoms with Gasteiger partial charge < -0.3 is 9.84 Å². The molecule has 0 amide bonds. The van der Waals surface area contributed by atoms with Gasteiger partial charge in [-0.2, -0.15) is 0 Å². The first-order chi connectivity index (χ1) is 18.0. The van der Waals surface area contributed by atoms with Crippen LogP contribution in [0.5, 0.6) is 0 Å². The van der Waals surface area contributed by atoms with E-state index < -0.39 is 0 Å². The zero-order valence-electron chi connectivity index (χ0n) is 21.2. The third-order valence-corrected chi connectivity index (χ3v) is 8.60. The Balaban J connectivity index is 1.33. The van der Waals surface area contributed by atoms with Crippen LogP contribution in [0.3, 0.4) is 0 Å². The van der Waals surface area contributed by atoms with Gasteiger partial charge in [-0.25, -0.2) is 4.79 Å². The summed E-state index contributed by atoms with van der Waals surface area (Å²) < 4.78 is 8.75. The first-order valence-corrected chi connectivity index (χ1v) is 13.3. The van der Waals surface area contributed by atoms with Gasteiger partial charge in [0.05, 0.1) is 36.3 Å². The molecular formula is C30H33N3O4. The largest absolute Gasteiger partial charge is 0.469 e. The Morgan fingerprint density at radius 3 is 2.54 bits per heavy atom. The van der Waals surface area contributed by atoms with E-state index in [1.54, 1.807) is 0 Å². The summed E-state index contributed by atoms with van der Waals surface area (Å²) in [5, 5.41) is 11.6. The molecule has 192 valence electrons. The van der Waals surface area contributed by atoms with Gasteiger partial charge in [-0.05, 0) is 73.4 Å². The number of rotatable bonds is 8. The number of carbonyl (C=O) groups excluding carboxylic acids is 1. The predicted molar refractivity (Wildman–Crippen MR) is 143 cm³/mol. The molecule has 2 aromatic heterocycles. The number of hydrogen-bond acceptors (Lipinski definition) is 5. The zero-order valence-corrected chi connectivity index (χ0v) is 21.2. The van der Waals surface area contributed by atoms with E-state index in [4.69, 9.17) is 9.72 Å². The van der Waals surface area contributed by atoms with Crippen LogP contribution in [0, 0.1) is 11.3 Å². The molecule has 1 N–H and O–H groups in total. The van der Waals surface area contributed by atoms with Gasteiger partial charge in [0.25, 0.3) is 0 Å². The molecule has 1 spiro atoms. The van der Waals surface area contributed by atoms with Crippen LogP contribution >= 0.6 is 0 Å². The summed E-state index contributed by atoms with van der Waals surface area (Å²) in [5.74, 6) is -0.104. The highest BCUT2D eigenvalue weighted by Crippen LogP contribution is 2.63. The molecule has 0 saturated heterocycles. The maximum absolute atomic E-state index is 13.9. The van der Waals surface area contributed by atoms with Gasteiger partial charge in [0, 0.05) is 24.2 Å². The number of aliphatic hydroxyl groups is 1. The summed E-state index contributed by atoms with van der Waals surface area (Å²) >= 11 is 0. The second-order valence-electron chi connectivity index (χ2n) is 10.9. The average Bonchev–Trinajstić information content (AvgIpc) is 3.14. The summed E-state index contributed by atoms with van der Waals surface area (Å²) in [6, 6.07) is 16.4. The highest BCUT2D eigenvalue weighted by atomic mass is 16.5. The lowest BCUT2D eigenvalue weighted by atomic mass is 9.50. The van der Waals surface area contributed by atoms with Crippen LogP contribution in [0.4, 0.5) is 0 Å². The number of esters is 1. The molecule has 2 saturated carbocycles. The molecule has 2 heterocycles. The van der Waals surface area contributed by atoms with Gasteiger partial charge in [-0.1, -0.05) is 36.4 Å². The number of aliphatic hydroxyl groups excluding tert-OH is 1. The van der Waals surface area contributed by atoms with Gasteiger partial charge >= 0.3 is 11.7 Å². The Bertz CT molecular complexity index is 1520. The minimum atomic E-state index is -0.111. The summed E-state index contributed by atoms with van der Waals surface area (Å²) in [4.78, 5) is 30.6. The van der Waals surface area contributed by atoms with E-state index in [9.17, 15) is 14.7 Å². The monoisotopic (exact) mass is 499 g/mol. The van der Waals surface area contributed by atoms with Gasteiger partial charge in [-0.3, -0.25) is 18.9 Å². The fourth-order valence-electron chi connectivity index (χ4n) is 6.76. The van der Waals surface area contributed by atoms with E-state index in [2.05, 4.69) is 12.1 Å². The fourth-order valence-corrected chi connectivity index (χ4v) is 6.76. The van der Waals surface area contributed by atoms with Crippen molar-refractivity contribution in [2.45, 2.75) is 57.5 Å². The number of imidazole rings is 1. The van der Waals surface area contributed by atoms with Gasteiger partial charge in [-0.15, -0.1) is 0 Å². The van der Waals surface area contributed by atoms with Crippen LogP contribution in [0.2, 0.25) is 0 Å². The molecule has 2 aliphatic rings. The minimum absolute atomic E-state index is 0.00107. The molecule has 4 aromatic rings. The normalized spacial score (nSPS) is 22.8. The van der Waals surface area contributed by atoms with Crippen molar-refractivity contribution in [1.29, 1.82) is 0 Å². The van der Waals surface area contributed by atoms with E-state index in [0.29, 0.717) is 6.54 Å². The number of unbranched alkanes of at least 4 members (excludes halogenated alkanes) is 1. The Hall–Kier alpha value is -3.45. The van der Waals surface area contributed by atoms with Crippen LogP contribution in [-0.4, -0.2) is 38.9 Å². The molecule has 0 aliphatic heterocycles. The molecule has 2 fully saturated rings. The van der Waals surface area contributed by atoms with E-state index >= 15 is 0 Å². The SMILES string of the molecule is COC(=O)C1CC2(C1)CC(n1c(=O)n(Cc3ncc4ccccc4c3CCCCO)c3ccccc31)C2. The number of methoxy groups -OCH3 is 1. The summed E-state index contributed by atoms with van der Waals surface area (Å²) in [5.41, 5.74) is 4.12. The van der Waals surface area contributed by atoms with E-state index in [0.717, 1.165) is 78.0 Å². The van der Waals surface area contributed by atoms with Crippen molar-refractivity contribution in [2.75, 3.05) is 13.7 Å². The Labute approximate surface area is 215 Å². The number of para-hydroxylation sites is 2. The number of hydrogen-bond donors (Lipinski definition) is 1. The number of ether oxygens (including phenoxy) is 1.